The lowest BCUT2D eigenvalue weighted by molar-refractivity contribution is -0.136. The highest BCUT2D eigenvalue weighted by molar-refractivity contribution is 5.75. The van der Waals surface area contributed by atoms with E-state index in [-0.39, 0.29) is 25.0 Å². The molecule has 2 amide bonds. The maximum absolute atomic E-state index is 11.2. The van der Waals surface area contributed by atoms with Gasteiger partial charge < -0.3 is 15.7 Å². The molecule has 3 N–H and O–H groups in total. The van der Waals surface area contributed by atoms with Gasteiger partial charge in [-0.3, -0.25) is 4.79 Å². The van der Waals surface area contributed by atoms with Crippen molar-refractivity contribution in [3.05, 3.63) is 0 Å². The third kappa shape index (κ3) is 6.76. The van der Waals surface area contributed by atoms with E-state index in [1.807, 2.05) is 6.92 Å². The third-order valence-corrected chi connectivity index (χ3v) is 2.48. The molecule has 0 aliphatic rings. The molecule has 5 nitrogen and oxygen atoms in total. The first kappa shape index (κ1) is 13.7. The van der Waals surface area contributed by atoms with E-state index in [2.05, 4.69) is 24.5 Å². The van der Waals surface area contributed by atoms with Crippen molar-refractivity contribution in [1.29, 1.82) is 0 Å². The van der Waals surface area contributed by atoms with Crippen molar-refractivity contribution in [3.8, 4) is 0 Å². The van der Waals surface area contributed by atoms with Gasteiger partial charge in [-0.2, -0.15) is 0 Å². The Hall–Kier alpha value is -1.26. The van der Waals surface area contributed by atoms with Crippen LogP contribution in [0.15, 0.2) is 0 Å². The number of carbonyl (C=O) groups excluding carboxylic acids is 1. The summed E-state index contributed by atoms with van der Waals surface area (Å²) >= 11 is 0. The van der Waals surface area contributed by atoms with E-state index in [4.69, 9.17) is 5.11 Å². The van der Waals surface area contributed by atoms with Gasteiger partial charge in [-0.05, 0) is 12.8 Å². The topological polar surface area (TPSA) is 78.4 Å². The minimum atomic E-state index is -0.912. The first-order chi connectivity index (χ1) is 6.97. The predicted octanol–water partition coefficient (Wildman–Crippen LogP) is 1.19. The van der Waals surface area contributed by atoms with Crippen LogP contribution in [0.1, 0.15) is 33.6 Å². The number of amides is 2. The van der Waals surface area contributed by atoms with E-state index >= 15 is 0 Å². The highest BCUT2D eigenvalue weighted by Crippen LogP contribution is 2.05. The van der Waals surface area contributed by atoms with Gasteiger partial charge in [0.15, 0.2) is 0 Å². The largest absolute Gasteiger partial charge is 0.481 e. The standard InChI is InChI=1S/C10H20N2O3/c1-4-7(2)8(3)12-10(15)11-6-5-9(13)14/h7-8H,4-6H2,1-3H3,(H,13,14)(H2,11,12,15). The first-order valence-corrected chi connectivity index (χ1v) is 5.23. The number of rotatable bonds is 6. The summed E-state index contributed by atoms with van der Waals surface area (Å²) in [6, 6.07) is -0.205. The van der Waals surface area contributed by atoms with Gasteiger partial charge in [-0.25, -0.2) is 4.79 Å². The van der Waals surface area contributed by atoms with Gasteiger partial charge in [-0.15, -0.1) is 0 Å². The molecule has 5 heteroatoms. The van der Waals surface area contributed by atoms with Gasteiger partial charge in [0.05, 0.1) is 6.42 Å². The van der Waals surface area contributed by atoms with Crippen LogP contribution in [0.25, 0.3) is 0 Å². The number of carboxylic acids is 1. The maximum atomic E-state index is 11.2. The number of hydrogen-bond acceptors (Lipinski definition) is 2. The smallest absolute Gasteiger partial charge is 0.315 e. The highest BCUT2D eigenvalue weighted by Gasteiger charge is 2.12. The quantitative estimate of drug-likeness (QED) is 0.624. The summed E-state index contributed by atoms with van der Waals surface area (Å²) in [5.41, 5.74) is 0. The van der Waals surface area contributed by atoms with Crippen LogP contribution in [-0.4, -0.2) is 29.7 Å². The highest BCUT2D eigenvalue weighted by atomic mass is 16.4. The number of carboxylic acid groups (broad SMARTS) is 1. The summed E-state index contributed by atoms with van der Waals surface area (Å²) in [7, 11) is 0. The van der Waals surface area contributed by atoms with Gasteiger partial charge in [0, 0.05) is 12.6 Å². The molecule has 0 saturated carbocycles. The van der Waals surface area contributed by atoms with Crippen molar-refractivity contribution < 1.29 is 14.7 Å². The van der Waals surface area contributed by atoms with Crippen molar-refractivity contribution in [3.63, 3.8) is 0 Å². The monoisotopic (exact) mass is 216 g/mol. The molecule has 15 heavy (non-hydrogen) atoms. The number of urea groups is 1. The molecule has 0 radical (unpaired) electrons. The number of hydrogen-bond donors (Lipinski definition) is 3. The molecular weight excluding hydrogens is 196 g/mol. The predicted molar refractivity (Wildman–Crippen MR) is 57.7 cm³/mol. The molecule has 0 heterocycles. The number of aliphatic carboxylic acids is 1. The molecule has 2 atom stereocenters. The van der Waals surface area contributed by atoms with Gasteiger partial charge in [0.25, 0.3) is 0 Å². The second-order valence-corrected chi connectivity index (χ2v) is 3.72. The van der Waals surface area contributed by atoms with Crippen LogP contribution in [0.2, 0.25) is 0 Å². The fourth-order valence-corrected chi connectivity index (χ4v) is 1.04. The van der Waals surface area contributed by atoms with E-state index in [0.29, 0.717) is 5.92 Å². The first-order valence-electron chi connectivity index (χ1n) is 5.23. The summed E-state index contributed by atoms with van der Waals surface area (Å²) in [5, 5.41) is 13.6. The van der Waals surface area contributed by atoms with Gasteiger partial charge in [0.2, 0.25) is 0 Å². The molecule has 2 unspecified atom stereocenters. The van der Waals surface area contributed by atoms with Crippen molar-refractivity contribution in [2.24, 2.45) is 5.92 Å². The van der Waals surface area contributed by atoms with E-state index in [1.165, 1.54) is 0 Å². The molecule has 0 aliphatic carbocycles. The minimum Gasteiger partial charge on any atom is -0.481 e. The molecule has 88 valence electrons. The summed E-state index contributed by atoms with van der Waals surface area (Å²) in [5.74, 6) is -0.500. The van der Waals surface area contributed by atoms with Crippen molar-refractivity contribution in [2.45, 2.75) is 39.7 Å². The Morgan fingerprint density at radius 1 is 1.33 bits per heavy atom. The fourth-order valence-electron chi connectivity index (χ4n) is 1.04. The summed E-state index contributed by atoms with van der Waals surface area (Å²) in [4.78, 5) is 21.4. The Kier molecular flexibility index (Phi) is 6.49. The molecule has 0 saturated heterocycles. The Labute approximate surface area is 90.2 Å². The fraction of sp³-hybridized carbons (Fsp3) is 0.800. The van der Waals surface area contributed by atoms with E-state index in [9.17, 15) is 9.59 Å². The Morgan fingerprint density at radius 3 is 2.40 bits per heavy atom. The lowest BCUT2D eigenvalue weighted by Gasteiger charge is -2.19. The van der Waals surface area contributed by atoms with Crippen LogP contribution >= 0.6 is 0 Å². The normalized spacial score (nSPS) is 14.1. The van der Waals surface area contributed by atoms with Gasteiger partial charge in [-0.1, -0.05) is 20.3 Å². The molecule has 0 aliphatic heterocycles. The SMILES string of the molecule is CCC(C)C(C)NC(=O)NCCC(=O)O. The van der Waals surface area contributed by atoms with Crippen LogP contribution in [-0.2, 0) is 4.79 Å². The van der Waals surface area contributed by atoms with Crippen LogP contribution in [0, 0.1) is 5.92 Å². The molecule has 0 bridgehead atoms. The van der Waals surface area contributed by atoms with E-state index < -0.39 is 5.97 Å². The second-order valence-electron chi connectivity index (χ2n) is 3.72. The molecule has 0 rings (SSSR count). The van der Waals surface area contributed by atoms with Crippen LogP contribution in [0.5, 0.6) is 0 Å². The van der Waals surface area contributed by atoms with Gasteiger partial charge >= 0.3 is 12.0 Å². The van der Waals surface area contributed by atoms with E-state index in [0.717, 1.165) is 6.42 Å². The Bertz CT molecular complexity index is 219. The minimum absolute atomic E-state index is 0.0505. The lowest BCUT2D eigenvalue weighted by atomic mass is 10.0. The number of carbonyl (C=O) groups is 2. The van der Waals surface area contributed by atoms with Gasteiger partial charge in [0.1, 0.15) is 0 Å². The zero-order chi connectivity index (χ0) is 11.8. The molecule has 0 aromatic rings. The Balaban J connectivity index is 3.69. The maximum Gasteiger partial charge on any atom is 0.315 e. The molecule has 0 aromatic carbocycles. The van der Waals surface area contributed by atoms with Crippen LogP contribution < -0.4 is 10.6 Å². The third-order valence-electron chi connectivity index (χ3n) is 2.48. The average Bonchev–Trinajstić information content (AvgIpc) is 2.15. The summed E-state index contributed by atoms with van der Waals surface area (Å²) in [6.45, 7) is 6.21. The van der Waals surface area contributed by atoms with Crippen molar-refractivity contribution in [1.82, 2.24) is 10.6 Å². The van der Waals surface area contributed by atoms with Crippen LogP contribution in [0.4, 0.5) is 4.79 Å². The molecule has 0 fully saturated rings. The Morgan fingerprint density at radius 2 is 1.93 bits per heavy atom. The second kappa shape index (κ2) is 7.09. The zero-order valence-electron chi connectivity index (χ0n) is 9.54. The zero-order valence-corrected chi connectivity index (χ0v) is 9.54. The summed E-state index contributed by atoms with van der Waals surface area (Å²) < 4.78 is 0. The van der Waals surface area contributed by atoms with E-state index in [1.54, 1.807) is 0 Å². The average molecular weight is 216 g/mol. The summed E-state index contributed by atoms with van der Waals surface area (Å²) in [6.07, 6.45) is 0.946. The van der Waals surface area contributed by atoms with Crippen molar-refractivity contribution in [2.75, 3.05) is 6.54 Å². The molecule has 0 aromatic heterocycles. The lowest BCUT2D eigenvalue weighted by Crippen LogP contribution is -2.43. The molecule has 0 spiro atoms. The van der Waals surface area contributed by atoms with Crippen molar-refractivity contribution >= 4 is 12.0 Å². The molecular formula is C10H20N2O3. The number of nitrogens with one attached hydrogen (secondary N) is 2. The van der Waals surface area contributed by atoms with Crippen LogP contribution in [0.3, 0.4) is 0 Å².